The van der Waals surface area contributed by atoms with Crippen molar-refractivity contribution in [2.75, 3.05) is 7.05 Å². The predicted octanol–water partition coefficient (Wildman–Crippen LogP) is 8.42. The summed E-state index contributed by atoms with van der Waals surface area (Å²) in [6.07, 6.45) is 0.562. The largest absolute Gasteiger partial charge is 0.416 e. The summed E-state index contributed by atoms with van der Waals surface area (Å²) in [5.41, 5.74) is 4.82. The van der Waals surface area contributed by atoms with Crippen molar-refractivity contribution in [3.63, 3.8) is 0 Å². The van der Waals surface area contributed by atoms with Crippen LogP contribution >= 0.6 is 11.6 Å². The quantitative estimate of drug-likeness (QED) is 0.117. The third-order valence-electron chi connectivity index (χ3n) is 4.75. The number of amides is 1. The molecule has 11 heteroatoms. The van der Waals surface area contributed by atoms with E-state index < -0.39 is 29.4 Å². The van der Waals surface area contributed by atoms with E-state index in [2.05, 4.69) is 16.9 Å². The number of alkyl halides is 6. The van der Waals surface area contributed by atoms with Crippen LogP contribution in [0.4, 0.5) is 26.3 Å². The summed E-state index contributed by atoms with van der Waals surface area (Å²) in [7, 11) is 1.23. The van der Waals surface area contributed by atoms with E-state index in [0.717, 1.165) is 18.4 Å². The molecule has 0 aliphatic carbocycles. The molecule has 0 spiro atoms. The molecule has 0 atom stereocenters. The Hall–Kier alpha value is -3.14. The Bertz CT molecular complexity index is 1100. The fraction of sp³-hybridized carbons (Fsp3) is 0.370. The molecule has 0 unspecified atom stereocenters. The van der Waals surface area contributed by atoms with Crippen LogP contribution in [0.5, 0.6) is 0 Å². The second-order valence-electron chi connectivity index (χ2n) is 7.84. The summed E-state index contributed by atoms with van der Waals surface area (Å²) in [4.78, 5) is 18.7. The first-order chi connectivity index (χ1) is 17.5. The van der Waals surface area contributed by atoms with Crippen LogP contribution in [0.1, 0.15) is 64.2 Å². The van der Waals surface area contributed by atoms with Gasteiger partial charge in [-0.1, -0.05) is 49.2 Å². The monoisotopic (exact) mass is 563 g/mol. The summed E-state index contributed by atoms with van der Waals surface area (Å²) in [5.74, 6) is -0.618. The zero-order valence-corrected chi connectivity index (χ0v) is 22.8. The summed E-state index contributed by atoms with van der Waals surface area (Å²) in [5, 5.41) is 0.662. The molecule has 0 bridgehead atoms. The van der Waals surface area contributed by atoms with Gasteiger partial charge in [0.25, 0.3) is 0 Å². The third-order valence-corrected chi connectivity index (χ3v) is 4.87. The number of aliphatic imine (C=N–C) groups is 2. The summed E-state index contributed by atoms with van der Waals surface area (Å²) < 4.78 is 75.9. The molecule has 1 amide bonds. The maximum absolute atomic E-state index is 12.6. The average molecular weight is 564 g/mol. The van der Waals surface area contributed by atoms with Crippen molar-refractivity contribution in [2.24, 2.45) is 15.7 Å². The standard InChI is InChI=1S/C15H22ClNO.C12H10F6N2/c1-5-7-14(15(17)18)13(9-8-12(4)16)10-11(3)6-2;1-3-20-10(19-2)7-4-8(11(13,14)15)6-9(5-7)12(16,17)18/h7-10H,5-6H2,1-4H3,(H2,17,18);3-6H,1-2H3/b11-10+,12-8+,13-9+,14-7+;. The Morgan fingerprint density at radius 2 is 1.53 bits per heavy atom. The maximum atomic E-state index is 12.6. The number of benzene rings is 1. The lowest BCUT2D eigenvalue weighted by Crippen LogP contribution is -2.15. The lowest BCUT2D eigenvalue weighted by atomic mass is 10.0. The molecule has 38 heavy (non-hydrogen) atoms. The van der Waals surface area contributed by atoms with E-state index in [4.69, 9.17) is 17.3 Å². The van der Waals surface area contributed by atoms with Gasteiger partial charge in [-0.05, 0) is 63.5 Å². The highest BCUT2D eigenvalue weighted by atomic mass is 35.5. The number of hydrogen-bond donors (Lipinski definition) is 1. The molecule has 0 heterocycles. The smallest absolute Gasteiger partial charge is 0.366 e. The van der Waals surface area contributed by atoms with Gasteiger partial charge in [-0.25, -0.2) is 4.99 Å². The Labute approximate surface area is 224 Å². The van der Waals surface area contributed by atoms with Crippen LogP contribution in [0.3, 0.4) is 0 Å². The Morgan fingerprint density at radius 3 is 1.87 bits per heavy atom. The summed E-state index contributed by atoms with van der Waals surface area (Å²) in [6, 6.07) is 1.24. The van der Waals surface area contributed by atoms with Crippen LogP contribution < -0.4 is 5.73 Å². The van der Waals surface area contributed by atoms with E-state index >= 15 is 0 Å². The summed E-state index contributed by atoms with van der Waals surface area (Å²) in [6.45, 7) is 9.33. The molecule has 0 aromatic heterocycles. The molecule has 1 aromatic rings. The lowest BCUT2D eigenvalue weighted by molar-refractivity contribution is -0.143. The zero-order chi connectivity index (χ0) is 29.7. The third kappa shape index (κ3) is 12.4. The summed E-state index contributed by atoms with van der Waals surface area (Å²) >= 11 is 5.81. The Kier molecular flexibility index (Phi) is 14.6. The van der Waals surface area contributed by atoms with Crippen LogP contribution in [0.15, 0.2) is 74.2 Å². The molecule has 0 fully saturated rings. The minimum atomic E-state index is -4.88. The van der Waals surface area contributed by atoms with Crippen molar-refractivity contribution in [3.05, 3.63) is 80.9 Å². The van der Waals surface area contributed by atoms with Crippen LogP contribution in [0, 0.1) is 0 Å². The van der Waals surface area contributed by atoms with E-state index in [-0.39, 0.29) is 17.5 Å². The average Bonchev–Trinajstić information content (AvgIpc) is 2.82. The second kappa shape index (κ2) is 16.0. The SMILES string of the molecule is CC=NC(=NC)c1cc(C(F)(F)F)cc(C(F)(F)F)c1.CC\C=C(C(N)=O)/C(/C=C(\C)CC)=C/C=C(\C)Cl. The van der Waals surface area contributed by atoms with Crippen molar-refractivity contribution in [2.45, 2.75) is 59.8 Å². The lowest BCUT2D eigenvalue weighted by Gasteiger charge is -2.13. The zero-order valence-electron chi connectivity index (χ0n) is 22.1. The van der Waals surface area contributed by atoms with Gasteiger partial charge in [0.05, 0.1) is 11.1 Å². The maximum Gasteiger partial charge on any atom is 0.416 e. The van der Waals surface area contributed by atoms with E-state index in [0.29, 0.717) is 22.7 Å². The number of nitrogens with zero attached hydrogens (tertiary/aromatic N) is 2. The van der Waals surface area contributed by atoms with Crippen LogP contribution in [0.2, 0.25) is 0 Å². The van der Waals surface area contributed by atoms with Gasteiger partial charge >= 0.3 is 12.4 Å². The van der Waals surface area contributed by atoms with Gasteiger partial charge in [-0.3, -0.25) is 9.79 Å². The fourth-order valence-corrected chi connectivity index (χ4v) is 2.88. The highest BCUT2D eigenvalue weighted by molar-refractivity contribution is 6.29. The van der Waals surface area contributed by atoms with Gasteiger partial charge in [0.2, 0.25) is 5.91 Å². The molecule has 2 N–H and O–H groups in total. The fourth-order valence-electron chi connectivity index (χ4n) is 2.82. The van der Waals surface area contributed by atoms with E-state index in [1.54, 1.807) is 13.0 Å². The number of carbonyl (C=O) groups excluding carboxylic acids is 1. The van der Waals surface area contributed by atoms with Gasteiger partial charge in [-0.15, -0.1) is 0 Å². The first kappa shape index (κ1) is 34.9. The van der Waals surface area contributed by atoms with Crippen LogP contribution in [0.25, 0.3) is 0 Å². The number of nitrogens with two attached hydrogens (primary N) is 1. The molecular formula is C27H32ClF6N3O. The molecule has 0 aliphatic heterocycles. The highest BCUT2D eigenvalue weighted by Gasteiger charge is 2.37. The minimum Gasteiger partial charge on any atom is -0.366 e. The molecular weight excluding hydrogens is 532 g/mol. The van der Waals surface area contributed by atoms with E-state index in [9.17, 15) is 31.1 Å². The van der Waals surface area contributed by atoms with Gasteiger partial charge in [0.1, 0.15) is 0 Å². The molecule has 1 aromatic carbocycles. The molecule has 0 aliphatic rings. The molecule has 0 radical (unpaired) electrons. The predicted molar refractivity (Wildman–Crippen MR) is 142 cm³/mol. The topological polar surface area (TPSA) is 67.8 Å². The number of rotatable bonds is 7. The normalized spacial score (nSPS) is 14.5. The molecule has 0 saturated heterocycles. The first-order valence-electron chi connectivity index (χ1n) is 11.5. The van der Waals surface area contributed by atoms with Gasteiger partial charge < -0.3 is 5.73 Å². The van der Waals surface area contributed by atoms with Crippen molar-refractivity contribution < 1.29 is 31.1 Å². The van der Waals surface area contributed by atoms with Crippen LogP contribution in [-0.4, -0.2) is 25.0 Å². The molecule has 210 valence electrons. The van der Waals surface area contributed by atoms with Crippen molar-refractivity contribution in [3.8, 4) is 0 Å². The van der Waals surface area contributed by atoms with Gasteiger partial charge in [0.15, 0.2) is 5.84 Å². The second-order valence-corrected chi connectivity index (χ2v) is 8.44. The highest BCUT2D eigenvalue weighted by Crippen LogP contribution is 2.36. The van der Waals surface area contributed by atoms with Crippen molar-refractivity contribution in [1.82, 2.24) is 0 Å². The van der Waals surface area contributed by atoms with Crippen molar-refractivity contribution >= 4 is 29.6 Å². The first-order valence-corrected chi connectivity index (χ1v) is 11.9. The Balaban J connectivity index is 0.000000726. The van der Waals surface area contributed by atoms with E-state index in [1.165, 1.54) is 25.8 Å². The Morgan fingerprint density at radius 1 is 1.00 bits per heavy atom. The number of amidine groups is 1. The van der Waals surface area contributed by atoms with Gasteiger partial charge in [-0.2, -0.15) is 26.3 Å². The number of allylic oxidation sites excluding steroid dienone is 6. The number of halogens is 7. The molecule has 4 nitrogen and oxygen atoms in total. The number of carbonyl (C=O) groups is 1. The number of hydrogen-bond acceptors (Lipinski definition) is 2. The van der Waals surface area contributed by atoms with E-state index in [1.807, 2.05) is 32.1 Å². The number of primary amides is 1. The molecule has 1 rings (SSSR count). The van der Waals surface area contributed by atoms with Crippen LogP contribution in [-0.2, 0) is 17.1 Å². The van der Waals surface area contributed by atoms with Gasteiger partial charge in [0, 0.05) is 29.4 Å². The molecule has 0 saturated carbocycles. The van der Waals surface area contributed by atoms with Crippen molar-refractivity contribution in [1.29, 1.82) is 0 Å². The minimum absolute atomic E-state index is 0.0619.